The maximum atomic E-state index is 12.2. The van der Waals surface area contributed by atoms with Crippen LogP contribution in [0.5, 0.6) is 0 Å². The molecule has 0 aromatic rings. The van der Waals surface area contributed by atoms with Gasteiger partial charge in [-0.1, -0.05) is 64.5 Å². The predicted octanol–water partition coefficient (Wildman–Crippen LogP) is -8.94. The van der Waals surface area contributed by atoms with Crippen LogP contribution in [0.15, 0.2) is 12.2 Å². The molecule has 0 spiro atoms. The highest BCUT2D eigenvalue weighted by atomic mass is 16.8. The van der Waals surface area contributed by atoms with Gasteiger partial charge in [0.2, 0.25) is 0 Å². The van der Waals surface area contributed by atoms with E-state index in [9.17, 15) is 112 Å². The Kier molecular flexibility index (Phi) is 30.2. The quantitative estimate of drug-likeness (QED) is 0.0398. The number of ketones is 1. The Labute approximate surface area is 534 Å². The van der Waals surface area contributed by atoms with Crippen molar-refractivity contribution >= 4 is 11.8 Å². The Bertz CT molecular complexity index is 1970. The summed E-state index contributed by atoms with van der Waals surface area (Å²) in [5.74, 6) is -0.593. The average Bonchev–Trinajstić information content (AvgIpc) is 1.45. The highest BCUT2D eigenvalue weighted by molar-refractivity contribution is 5.84. The van der Waals surface area contributed by atoms with Gasteiger partial charge in [-0.2, -0.15) is 0 Å². The molecular formula is C58H98O35. The molecule has 93 heavy (non-hydrogen) atoms. The van der Waals surface area contributed by atoms with Crippen LogP contribution in [0.3, 0.4) is 0 Å². The normalized spacial score (nSPS) is 46.6. The van der Waals surface area contributed by atoms with Gasteiger partial charge in [-0.05, 0) is 25.2 Å². The van der Waals surface area contributed by atoms with Gasteiger partial charge in [-0.15, -0.1) is 0 Å². The molecule has 21 N–H and O–H groups in total. The number of carboxylic acids is 1. The Morgan fingerprint density at radius 1 is 0.441 bits per heavy atom. The van der Waals surface area contributed by atoms with Crippen molar-refractivity contribution in [3.8, 4) is 0 Å². The summed E-state index contributed by atoms with van der Waals surface area (Å²) in [4.78, 5) is 22.7. The van der Waals surface area contributed by atoms with Gasteiger partial charge in [0.05, 0.1) is 51.8 Å². The second-order valence-corrected chi connectivity index (χ2v) is 25.0. The summed E-state index contributed by atoms with van der Waals surface area (Å²) < 4.78 is 67.9. The minimum atomic E-state index is -2.15. The van der Waals surface area contributed by atoms with E-state index in [2.05, 4.69) is 13.8 Å². The number of Topliss-reactive ketones (excluding diaryl/α,β-unsaturated/α-hetero) is 1. The number of ether oxygens (including phenoxy) is 12. The van der Waals surface area contributed by atoms with Crippen molar-refractivity contribution < 1.29 is 174 Å². The first-order valence-electron chi connectivity index (χ1n) is 31.7. The molecule has 0 aromatic heterocycles. The number of hydrogen-bond acceptors (Lipinski definition) is 34. The molecule has 22 saturated heterocycles. The van der Waals surface area contributed by atoms with E-state index in [1.807, 2.05) is 6.08 Å². The van der Waals surface area contributed by atoms with Crippen molar-refractivity contribution in [3.63, 3.8) is 0 Å². The smallest absolute Gasteiger partial charge is 0.303 e. The number of rotatable bonds is 20. The van der Waals surface area contributed by atoms with Gasteiger partial charge in [-0.25, -0.2) is 0 Å². The molecule has 0 amide bonds. The van der Waals surface area contributed by atoms with Crippen LogP contribution in [0.4, 0.5) is 0 Å². The predicted molar refractivity (Wildman–Crippen MR) is 302 cm³/mol. The Morgan fingerprint density at radius 3 is 1.00 bits per heavy atom. The molecule has 12 bridgehead atoms. The molecule has 0 aromatic carbocycles. The second kappa shape index (κ2) is 36.1. The first-order valence-corrected chi connectivity index (χ1v) is 31.7. The van der Waals surface area contributed by atoms with Gasteiger partial charge in [-0.3, -0.25) is 9.59 Å². The van der Waals surface area contributed by atoms with Crippen LogP contribution in [0.2, 0.25) is 0 Å². The van der Waals surface area contributed by atoms with Gasteiger partial charge < -0.3 is 164 Å². The molecule has 35 atom stereocenters. The lowest BCUT2D eigenvalue weighted by molar-refractivity contribution is -0.404. The highest BCUT2D eigenvalue weighted by Gasteiger charge is 2.59. The van der Waals surface area contributed by atoms with E-state index in [0.717, 1.165) is 38.5 Å². The zero-order chi connectivity index (χ0) is 68.3. The van der Waals surface area contributed by atoms with E-state index in [1.54, 1.807) is 6.08 Å². The van der Waals surface area contributed by atoms with E-state index < -0.39 is 242 Å². The lowest BCUT2D eigenvalue weighted by atomic mass is 9.88. The fraction of sp³-hybridized carbons (Fsp3) is 0.931. The van der Waals surface area contributed by atoms with E-state index in [1.165, 1.54) is 6.42 Å². The Balaban J connectivity index is 0.000000381. The summed E-state index contributed by atoms with van der Waals surface area (Å²) >= 11 is 0. The van der Waals surface area contributed by atoms with Gasteiger partial charge in [0.1, 0.15) is 152 Å². The number of aliphatic hydroxyl groups is 20. The van der Waals surface area contributed by atoms with Crippen LogP contribution in [0.1, 0.15) is 84.5 Å². The molecule has 22 aliphatic heterocycles. The van der Waals surface area contributed by atoms with Crippen molar-refractivity contribution in [2.24, 2.45) is 17.8 Å². The van der Waals surface area contributed by atoms with Crippen LogP contribution in [-0.2, 0) is 66.4 Å². The third-order valence-corrected chi connectivity index (χ3v) is 18.3. The minimum Gasteiger partial charge on any atom is -0.481 e. The summed E-state index contributed by atoms with van der Waals surface area (Å²) in [6.07, 6.45) is -47.5. The summed E-state index contributed by atoms with van der Waals surface area (Å²) in [5.41, 5.74) is 0. The SMILES string of the molecule is CCCCC(C)C[C@H](O)/C=C/C1C(CCCCCCC(=O)O)C(=O)C[C@@H]1O.OC[C@H]1O[C@@H]2O[C@H]3[C@H](O)[C@@H](O)[C@@H](O[C@H]4[C@H](O)[C@@H](O)[C@@H](O[C@H]5[C@H](O)[C@@H](O)[C@@H](O[C@H]6[C@H](O)[C@@H](O)[C@@H](O[C@H]7[C@H](O)[C@@H](O)[C@@H](O[C@H]1[C@H](O)[C@H]2O)O[C@@H]7CO)O[C@@H]6CO)O[C@@H]5CO)O[C@@H]4CO)O[C@@H]3CO. The zero-order valence-electron chi connectivity index (χ0n) is 51.5. The fourth-order valence-electron chi connectivity index (χ4n) is 12.9. The maximum Gasteiger partial charge on any atom is 0.303 e. The largest absolute Gasteiger partial charge is 0.481 e. The monoisotopic (exact) mass is 1350 g/mol. The maximum absolute atomic E-state index is 12.2. The van der Waals surface area contributed by atoms with Gasteiger partial charge in [0, 0.05) is 24.7 Å². The zero-order valence-corrected chi connectivity index (χ0v) is 51.5. The highest BCUT2D eigenvalue weighted by Crippen LogP contribution is 2.39. The Morgan fingerprint density at radius 2 is 0.731 bits per heavy atom. The molecule has 23 fully saturated rings. The number of aliphatic hydroxyl groups excluding tert-OH is 20. The first kappa shape index (κ1) is 77.9. The molecule has 3 unspecified atom stereocenters. The molecule has 1 saturated carbocycles. The van der Waals surface area contributed by atoms with E-state index in [0.29, 0.717) is 18.8 Å². The average molecular weight is 1360 g/mol. The molecule has 23 aliphatic rings. The van der Waals surface area contributed by atoms with Crippen LogP contribution in [0, 0.1) is 17.8 Å². The minimum absolute atomic E-state index is 0.105. The summed E-state index contributed by atoms with van der Waals surface area (Å²) in [6.45, 7) is -1.69. The number of carbonyl (C=O) groups is 2. The topological polar surface area (TPSA) is 570 Å². The lowest BCUT2D eigenvalue weighted by Crippen LogP contribution is -2.69. The number of aliphatic carboxylic acids is 1. The number of carbonyl (C=O) groups excluding carboxylic acids is 1. The summed E-state index contributed by atoms with van der Waals surface area (Å²) in [7, 11) is 0. The number of unbranched alkanes of at least 4 members (excludes halogenated alkanes) is 4. The second-order valence-electron chi connectivity index (χ2n) is 25.0. The van der Waals surface area contributed by atoms with Crippen LogP contribution in [-0.4, -0.2) is 355 Å². The van der Waals surface area contributed by atoms with Gasteiger partial charge in [0.15, 0.2) is 37.7 Å². The van der Waals surface area contributed by atoms with E-state index in [4.69, 9.17) is 61.9 Å². The van der Waals surface area contributed by atoms with E-state index in [-0.39, 0.29) is 30.5 Å². The van der Waals surface area contributed by atoms with Crippen molar-refractivity contribution in [2.75, 3.05) is 39.6 Å². The van der Waals surface area contributed by atoms with Gasteiger partial charge >= 0.3 is 5.97 Å². The summed E-state index contributed by atoms with van der Waals surface area (Å²) in [5, 5.41) is 225. The number of carboxylic acid groups (broad SMARTS) is 1. The molecular weight excluding hydrogens is 1260 g/mol. The van der Waals surface area contributed by atoms with Crippen molar-refractivity contribution in [1.29, 1.82) is 0 Å². The van der Waals surface area contributed by atoms with Crippen molar-refractivity contribution in [1.82, 2.24) is 0 Å². The molecule has 35 nitrogen and oxygen atoms in total. The number of hydrogen-bond donors (Lipinski definition) is 21. The fourth-order valence-corrected chi connectivity index (χ4v) is 12.9. The third-order valence-electron chi connectivity index (χ3n) is 18.3. The van der Waals surface area contributed by atoms with Gasteiger partial charge in [0.25, 0.3) is 0 Å². The third kappa shape index (κ3) is 18.7. The summed E-state index contributed by atoms with van der Waals surface area (Å²) in [6, 6.07) is 0. The van der Waals surface area contributed by atoms with E-state index >= 15 is 0 Å². The molecule has 0 radical (unpaired) electrons. The molecule has 1 aliphatic carbocycles. The van der Waals surface area contributed by atoms with Crippen molar-refractivity contribution in [2.45, 2.75) is 281 Å². The van der Waals surface area contributed by atoms with Crippen LogP contribution >= 0.6 is 0 Å². The molecule has 35 heteroatoms. The standard InChI is InChI=1S/C36H60O30.C22H38O5/c37-1-7-25-13(43)19(49)31(55-7)62-26-8(2-38)57-33(21(51)15(26)45)64-28-10(4-40)59-35(23(53)17(28)47)66-30-12(6-42)60-36(24(54)18(30)48)65-29-11(5-41)58-34(22(52)16(29)46)63-27-9(3-39)56-32(61-25)20(50)14(27)44;1-3-4-9-16(2)14-17(23)12-13-19-18(20(24)15-21(19)25)10-7-5-6-8-11-22(26)27/h7-54H,1-6H2;12-13,16-19,21,23,25H,3-11,14-15H2,1-2H3,(H,26,27)/b;13-12+/t7-,8-,9-,10-,11-,12-,13-,14-,15-,16-,17-,18-,19-,20-,21-,22-,23-,24-,25-,26-,27-,28-,29-,30-,31-,32-,33-,34-,35-,36-;16?,17-,18?,19?,21+/m11/s1. The molecule has 22 heterocycles. The van der Waals surface area contributed by atoms with Crippen LogP contribution in [0.25, 0.3) is 0 Å². The van der Waals surface area contributed by atoms with Crippen molar-refractivity contribution in [3.05, 3.63) is 12.2 Å². The van der Waals surface area contributed by atoms with Crippen LogP contribution < -0.4 is 0 Å². The first-order chi connectivity index (χ1) is 44.3. The Hall–Kier alpha value is -2.40. The molecule has 23 rings (SSSR count). The molecule has 540 valence electrons. The lowest BCUT2D eigenvalue weighted by Gasteiger charge is -2.50.